The predicted molar refractivity (Wildman–Crippen MR) is 112 cm³/mol. The largest absolute Gasteiger partial charge is 0.497 e. The monoisotopic (exact) mass is 411 g/mol. The molecule has 2 aromatic carbocycles. The van der Waals surface area contributed by atoms with Crippen molar-refractivity contribution < 1.29 is 23.9 Å². The SMILES string of the molecule is COc1cccc(C(=O)NCCNC(=O)[C@@H]2CC(=O)N(c3ccccc3OC)C2)c1. The Labute approximate surface area is 175 Å². The predicted octanol–water partition coefficient (Wildman–Crippen LogP) is 1.60. The maximum Gasteiger partial charge on any atom is 0.251 e. The second-order valence-electron chi connectivity index (χ2n) is 6.86. The first-order valence-corrected chi connectivity index (χ1v) is 9.67. The number of hydrogen-bond acceptors (Lipinski definition) is 5. The molecule has 1 saturated heterocycles. The van der Waals surface area contributed by atoms with Gasteiger partial charge >= 0.3 is 0 Å². The molecular formula is C22H25N3O5. The first kappa shape index (κ1) is 21.2. The van der Waals surface area contributed by atoms with Crippen LogP contribution in [-0.2, 0) is 9.59 Å². The van der Waals surface area contributed by atoms with Gasteiger partial charge in [-0.15, -0.1) is 0 Å². The van der Waals surface area contributed by atoms with Gasteiger partial charge in [-0.1, -0.05) is 18.2 Å². The van der Waals surface area contributed by atoms with Gasteiger partial charge in [0.2, 0.25) is 11.8 Å². The zero-order chi connectivity index (χ0) is 21.5. The summed E-state index contributed by atoms with van der Waals surface area (Å²) in [5, 5.41) is 5.54. The van der Waals surface area contributed by atoms with E-state index >= 15 is 0 Å². The second kappa shape index (κ2) is 9.78. The van der Waals surface area contributed by atoms with Crippen LogP contribution in [0.4, 0.5) is 5.69 Å². The van der Waals surface area contributed by atoms with E-state index in [9.17, 15) is 14.4 Å². The highest BCUT2D eigenvalue weighted by Crippen LogP contribution is 2.32. The lowest BCUT2D eigenvalue weighted by Crippen LogP contribution is -2.38. The van der Waals surface area contributed by atoms with Crippen LogP contribution in [0.25, 0.3) is 0 Å². The van der Waals surface area contributed by atoms with E-state index < -0.39 is 5.92 Å². The zero-order valence-electron chi connectivity index (χ0n) is 17.0. The molecule has 1 aliphatic heterocycles. The first-order chi connectivity index (χ1) is 14.5. The van der Waals surface area contributed by atoms with Gasteiger partial charge in [-0.25, -0.2) is 0 Å². The van der Waals surface area contributed by atoms with Gasteiger partial charge in [-0.3, -0.25) is 14.4 Å². The van der Waals surface area contributed by atoms with Crippen molar-refractivity contribution in [3.8, 4) is 11.5 Å². The van der Waals surface area contributed by atoms with Crippen molar-refractivity contribution in [1.82, 2.24) is 10.6 Å². The van der Waals surface area contributed by atoms with Crippen molar-refractivity contribution in [3.05, 3.63) is 54.1 Å². The topological polar surface area (TPSA) is 97.0 Å². The van der Waals surface area contributed by atoms with E-state index in [1.165, 1.54) is 7.11 Å². The van der Waals surface area contributed by atoms with Crippen LogP contribution in [0.2, 0.25) is 0 Å². The van der Waals surface area contributed by atoms with Gasteiger partial charge in [0.25, 0.3) is 5.91 Å². The molecule has 8 heteroatoms. The van der Waals surface area contributed by atoms with E-state index in [4.69, 9.17) is 9.47 Å². The maximum absolute atomic E-state index is 12.5. The number of ether oxygens (including phenoxy) is 2. The molecule has 1 atom stereocenters. The number of carbonyl (C=O) groups excluding carboxylic acids is 3. The van der Waals surface area contributed by atoms with Crippen LogP contribution in [0.3, 0.4) is 0 Å². The number of hydrogen-bond donors (Lipinski definition) is 2. The van der Waals surface area contributed by atoms with Gasteiger partial charge in [0.1, 0.15) is 11.5 Å². The van der Waals surface area contributed by atoms with Crippen LogP contribution in [0.15, 0.2) is 48.5 Å². The van der Waals surface area contributed by atoms with Gasteiger partial charge in [0, 0.05) is 31.6 Å². The molecule has 30 heavy (non-hydrogen) atoms. The molecule has 2 N–H and O–H groups in total. The van der Waals surface area contributed by atoms with Crippen LogP contribution in [0, 0.1) is 5.92 Å². The molecule has 1 fully saturated rings. The van der Waals surface area contributed by atoms with Crippen LogP contribution in [-0.4, -0.2) is 51.6 Å². The minimum Gasteiger partial charge on any atom is -0.497 e. The Morgan fingerprint density at radius 1 is 1.03 bits per heavy atom. The lowest BCUT2D eigenvalue weighted by atomic mass is 10.1. The van der Waals surface area contributed by atoms with Crippen molar-refractivity contribution in [2.24, 2.45) is 5.92 Å². The maximum atomic E-state index is 12.5. The molecule has 0 spiro atoms. The van der Waals surface area contributed by atoms with Crippen molar-refractivity contribution >= 4 is 23.4 Å². The number of methoxy groups -OCH3 is 2. The Morgan fingerprint density at radius 2 is 1.80 bits per heavy atom. The van der Waals surface area contributed by atoms with E-state index in [-0.39, 0.29) is 37.2 Å². The molecule has 8 nitrogen and oxygen atoms in total. The number of nitrogens with one attached hydrogen (secondary N) is 2. The van der Waals surface area contributed by atoms with Gasteiger partial charge in [-0.05, 0) is 30.3 Å². The lowest BCUT2D eigenvalue weighted by Gasteiger charge is -2.19. The molecule has 0 unspecified atom stereocenters. The van der Waals surface area contributed by atoms with Gasteiger partial charge in [-0.2, -0.15) is 0 Å². The summed E-state index contributed by atoms with van der Waals surface area (Å²) in [5.41, 5.74) is 1.14. The molecule has 0 bridgehead atoms. The number of carbonyl (C=O) groups is 3. The average Bonchev–Trinajstić information content (AvgIpc) is 3.17. The first-order valence-electron chi connectivity index (χ1n) is 9.67. The Morgan fingerprint density at radius 3 is 2.57 bits per heavy atom. The Balaban J connectivity index is 1.47. The molecular weight excluding hydrogens is 386 g/mol. The second-order valence-corrected chi connectivity index (χ2v) is 6.86. The van der Waals surface area contributed by atoms with Gasteiger partial charge < -0.3 is 25.0 Å². The molecule has 1 heterocycles. The van der Waals surface area contributed by atoms with E-state index in [0.717, 1.165) is 0 Å². The number of benzene rings is 2. The molecule has 2 aromatic rings. The summed E-state index contributed by atoms with van der Waals surface area (Å²) in [7, 11) is 3.08. The van der Waals surface area contributed by atoms with Crippen LogP contribution >= 0.6 is 0 Å². The minimum atomic E-state index is -0.448. The third kappa shape index (κ3) is 4.89. The van der Waals surface area contributed by atoms with Crippen molar-refractivity contribution in [2.75, 3.05) is 38.8 Å². The van der Waals surface area contributed by atoms with Crippen LogP contribution in [0.5, 0.6) is 11.5 Å². The zero-order valence-corrected chi connectivity index (χ0v) is 17.0. The van der Waals surface area contributed by atoms with Gasteiger partial charge in [0.05, 0.1) is 25.8 Å². The third-order valence-electron chi connectivity index (χ3n) is 4.91. The number of anilines is 1. The Hall–Kier alpha value is -3.55. The minimum absolute atomic E-state index is 0.119. The summed E-state index contributed by atoms with van der Waals surface area (Å²) < 4.78 is 10.4. The van der Waals surface area contributed by atoms with Crippen LogP contribution in [0.1, 0.15) is 16.8 Å². The fraction of sp³-hybridized carbons (Fsp3) is 0.318. The summed E-state index contributed by atoms with van der Waals surface area (Å²) >= 11 is 0. The number of amides is 3. The summed E-state index contributed by atoms with van der Waals surface area (Å²) in [6, 6.07) is 14.1. The highest BCUT2D eigenvalue weighted by Gasteiger charge is 2.36. The molecule has 0 radical (unpaired) electrons. The summed E-state index contributed by atoms with van der Waals surface area (Å²) in [6.45, 7) is 0.841. The smallest absolute Gasteiger partial charge is 0.251 e. The summed E-state index contributed by atoms with van der Waals surface area (Å²) in [5.74, 6) is 0.161. The van der Waals surface area contributed by atoms with E-state index in [1.807, 2.05) is 12.1 Å². The van der Waals surface area contributed by atoms with Crippen molar-refractivity contribution in [3.63, 3.8) is 0 Å². The molecule has 1 aliphatic rings. The molecule has 0 saturated carbocycles. The number of rotatable bonds is 8. The third-order valence-corrected chi connectivity index (χ3v) is 4.91. The molecule has 3 rings (SSSR count). The highest BCUT2D eigenvalue weighted by atomic mass is 16.5. The fourth-order valence-electron chi connectivity index (χ4n) is 3.34. The normalized spacial score (nSPS) is 15.6. The fourth-order valence-corrected chi connectivity index (χ4v) is 3.34. The summed E-state index contributed by atoms with van der Waals surface area (Å²) in [6.07, 6.45) is 0.139. The molecule has 0 aromatic heterocycles. The number of nitrogens with zero attached hydrogens (tertiary/aromatic N) is 1. The average molecular weight is 411 g/mol. The van der Waals surface area contributed by atoms with E-state index in [1.54, 1.807) is 48.4 Å². The van der Waals surface area contributed by atoms with Crippen LogP contribution < -0.4 is 25.0 Å². The lowest BCUT2D eigenvalue weighted by molar-refractivity contribution is -0.126. The Bertz CT molecular complexity index is 930. The quantitative estimate of drug-likeness (QED) is 0.643. The Kier molecular flexibility index (Phi) is 6.90. The van der Waals surface area contributed by atoms with Gasteiger partial charge in [0.15, 0.2) is 0 Å². The van der Waals surface area contributed by atoms with E-state index in [2.05, 4.69) is 10.6 Å². The molecule has 3 amide bonds. The van der Waals surface area contributed by atoms with E-state index in [0.29, 0.717) is 29.3 Å². The highest BCUT2D eigenvalue weighted by molar-refractivity contribution is 6.01. The van der Waals surface area contributed by atoms with Crippen molar-refractivity contribution in [2.45, 2.75) is 6.42 Å². The molecule has 158 valence electrons. The summed E-state index contributed by atoms with van der Waals surface area (Å²) in [4.78, 5) is 38.6. The number of para-hydroxylation sites is 2. The molecule has 0 aliphatic carbocycles. The standard InChI is InChI=1S/C22H25N3O5/c1-29-17-7-5-6-15(12-17)21(27)23-10-11-24-22(28)16-13-20(26)25(14-16)18-8-3-4-9-19(18)30-2/h3-9,12,16H,10-11,13-14H2,1-2H3,(H,23,27)(H,24,28)/t16-/m1/s1. The van der Waals surface area contributed by atoms with Crippen molar-refractivity contribution in [1.29, 1.82) is 0 Å².